The van der Waals surface area contributed by atoms with Crippen LogP contribution in [0, 0.1) is 5.82 Å². The van der Waals surface area contributed by atoms with E-state index >= 15 is 0 Å². The smallest absolute Gasteiger partial charge is 0.167 e. The van der Waals surface area contributed by atoms with E-state index in [1.165, 1.54) is 12.1 Å². The van der Waals surface area contributed by atoms with Crippen LogP contribution < -0.4 is 0 Å². The van der Waals surface area contributed by atoms with Crippen molar-refractivity contribution >= 4 is 21.7 Å². The summed E-state index contributed by atoms with van der Waals surface area (Å²) < 4.78 is 19.5. The number of hydrogen-bond acceptors (Lipinski definition) is 3. The Morgan fingerprint density at radius 2 is 2.25 bits per heavy atom. The van der Waals surface area contributed by atoms with Gasteiger partial charge in [0, 0.05) is 30.0 Å². The van der Waals surface area contributed by atoms with Gasteiger partial charge < -0.3 is 4.74 Å². The molecule has 1 unspecified atom stereocenters. The Morgan fingerprint density at radius 1 is 1.50 bits per heavy atom. The summed E-state index contributed by atoms with van der Waals surface area (Å²) in [4.78, 5) is 14.5. The predicted molar refractivity (Wildman–Crippen MR) is 79.3 cm³/mol. The van der Waals surface area contributed by atoms with E-state index in [9.17, 15) is 9.18 Å². The summed E-state index contributed by atoms with van der Waals surface area (Å²) in [5.41, 5.74) is 0.673. The third-order valence-electron chi connectivity index (χ3n) is 3.49. The van der Waals surface area contributed by atoms with Crippen molar-refractivity contribution in [3.05, 3.63) is 34.1 Å². The van der Waals surface area contributed by atoms with Crippen LogP contribution in [0.3, 0.4) is 0 Å². The van der Waals surface area contributed by atoms with Gasteiger partial charge in [0.25, 0.3) is 0 Å². The molecule has 5 heteroatoms. The van der Waals surface area contributed by atoms with Gasteiger partial charge in [-0.2, -0.15) is 0 Å². The third kappa shape index (κ3) is 4.11. The number of carbonyl (C=O) groups is 1. The molecule has 1 atom stereocenters. The Hall–Kier alpha value is -0.780. The Kier molecular flexibility index (Phi) is 5.29. The van der Waals surface area contributed by atoms with Gasteiger partial charge in [-0.1, -0.05) is 15.9 Å². The lowest BCUT2D eigenvalue weighted by Crippen LogP contribution is -2.49. The minimum atomic E-state index is -0.409. The van der Waals surface area contributed by atoms with Gasteiger partial charge in [0.15, 0.2) is 5.78 Å². The molecule has 2 rings (SSSR count). The maximum atomic E-state index is 13.3. The molecule has 0 N–H and O–H groups in total. The number of ether oxygens (including phenoxy) is 1. The van der Waals surface area contributed by atoms with E-state index in [0.29, 0.717) is 29.2 Å². The molecule has 1 aromatic rings. The lowest BCUT2D eigenvalue weighted by molar-refractivity contribution is -0.136. The Labute approximate surface area is 127 Å². The van der Waals surface area contributed by atoms with E-state index in [-0.39, 0.29) is 18.0 Å². The number of ketones is 1. The fourth-order valence-electron chi connectivity index (χ4n) is 2.36. The second kappa shape index (κ2) is 6.78. The number of carbonyl (C=O) groups excluding carboxylic acids is 1. The molecule has 1 aliphatic rings. The van der Waals surface area contributed by atoms with Gasteiger partial charge in [0.05, 0.1) is 6.61 Å². The van der Waals surface area contributed by atoms with Gasteiger partial charge in [-0.3, -0.25) is 9.69 Å². The van der Waals surface area contributed by atoms with E-state index in [0.717, 1.165) is 6.54 Å². The molecule has 0 bridgehead atoms. The lowest BCUT2D eigenvalue weighted by atomic mass is 10.0. The van der Waals surface area contributed by atoms with Crippen LogP contribution in [0.5, 0.6) is 0 Å². The van der Waals surface area contributed by atoms with Crippen molar-refractivity contribution in [2.45, 2.75) is 32.4 Å². The molecule has 1 aromatic carbocycles. The molecule has 1 aliphatic heterocycles. The molecule has 1 heterocycles. The quantitative estimate of drug-likeness (QED) is 0.841. The molecule has 110 valence electrons. The second-order valence-corrected chi connectivity index (χ2v) is 6.28. The zero-order chi connectivity index (χ0) is 14.7. The number of Topliss-reactive ketones (excluding diaryl/α,β-unsaturated/α-hetero) is 1. The number of nitrogens with zero attached hydrogens (tertiary/aromatic N) is 1. The van der Waals surface area contributed by atoms with Crippen LogP contribution in [0.15, 0.2) is 22.7 Å². The Bertz CT molecular complexity index is 473. The Morgan fingerprint density at radius 3 is 2.90 bits per heavy atom. The van der Waals surface area contributed by atoms with Crippen molar-refractivity contribution in [3.8, 4) is 0 Å². The fourth-order valence-corrected chi connectivity index (χ4v) is 2.87. The standard InChI is InChI=1S/C15H19BrFNO2/c1-10(2)18-3-4-20-15(9-18)14(19)7-11-5-12(16)8-13(17)6-11/h5-6,8,10,15H,3-4,7,9H2,1-2H3. The summed E-state index contributed by atoms with van der Waals surface area (Å²) in [5.74, 6) is -0.330. The first-order valence-electron chi connectivity index (χ1n) is 6.79. The number of rotatable bonds is 4. The molecular formula is C15H19BrFNO2. The summed E-state index contributed by atoms with van der Waals surface area (Å²) in [7, 11) is 0. The van der Waals surface area contributed by atoms with Crippen LogP contribution in [-0.2, 0) is 16.0 Å². The fraction of sp³-hybridized carbons (Fsp3) is 0.533. The van der Waals surface area contributed by atoms with Crippen molar-refractivity contribution in [3.63, 3.8) is 0 Å². The molecule has 1 saturated heterocycles. The van der Waals surface area contributed by atoms with E-state index in [1.54, 1.807) is 6.07 Å². The molecule has 20 heavy (non-hydrogen) atoms. The van der Waals surface area contributed by atoms with E-state index in [2.05, 4.69) is 34.7 Å². The highest BCUT2D eigenvalue weighted by atomic mass is 79.9. The van der Waals surface area contributed by atoms with Crippen LogP contribution in [0.25, 0.3) is 0 Å². The average Bonchev–Trinajstić information content (AvgIpc) is 2.37. The molecule has 0 spiro atoms. The van der Waals surface area contributed by atoms with E-state index in [4.69, 9.17) is 4.74 Å². The highest BCUT2D eigenvalue weighted by molar-refractivity contribution is 9.10. The Balaban J connectivity index is 2.00. The number of halogens is 2. The van der Waals surface area contributed by atoms with Gasteiger partial charge in [0.1, 0.15) is 11.9 Å². The highest BCUT2D eigenvalue weighted by Gasteiger charge is 2.27. The zero-order valence-corrected chi connectivity index (χ0v) is 13.3. The normalized spacial score (nSPS) is 20.4. The van der Waals surface area contributed by atoms with Crippen molar-refractivity contribution in [1.82, 2.24) is 4.90 Å². The van der Waals surface area contributed by atoms with Crippen molar-refractivity contribution in [2.75, 3.05) is 19.7 Å². The zero-order valence-electron chi connectivity index (χ0n) is 11.7. The van der Waals surface area contributed by atoms with Crippen molar-refractivity contribution in [1.29, 1.82) is 0 Å². The summed E-state index contributed by atoms with van der Waals surface area (Å²) in [6.45, 7) is 6.26. The van der Waals surface area contributed by atoms with Gasteiger partial charge in [0.2, 0.25) is 0 Å². The monoisotopic (exact) mass is 343 g/mol. The summed E-state index contributed by atoms with van der Waals surface area (Å²) >= 11 is 3.24. The number of benzene rings is 1. The van der Waals surface area contributed by atoms with Crippen molar-refractivity contribution < 1.29 is 13.9 Å². The molecule has 3 nitrogen and oxygen atoms in total. The first-order valence-corrected chi connectivity index (χ1v) is 7.58. The molecule has 0 amide bonds. The molecular weight excluding hydrogens is 325 g/mol. The van der Waals surface area contributed by atoms with Crippen molar-refractivity contribution in [2.24, 2.45) is 0 Å². The molecule has 0 saturated carbocycles. The summed E-state index contributed by atoms with van der Waals surface area (Å²) in [5, 5.41) is 0. The van der Waals surface area contributed by atoms with Crippen LogP contribution in [-0.4, -0.2) is 42.5 Å². The minimum Gasteiger partial charge on any atom is -0.368 e. The predicted octanol–water partition coefficient (Wildman–Crippen LogP) is 2.81. The second-order valence-electron chi connectivity index (χ2n) is 5.37. The van der Waals surface area contributed by atoms with Crippen LogP contribution >= 0.6 is 15.9 Å². The first-order chi connectivity index (χ1) is 9.45. The summed E-state index contributed by atoms with van der Waals surface area (Å²) in [6.07, 6.45) is -0.208. The molecule has 0 radical (unpaired) electrons. The SMILES string of the molecule is CC(C)N1CCOC(C(=O)Cc2cc(F)cc(Br)c2)C1. The highest BCUT2D eigenvalue weighted by Crippen LogP contribution is 2.17. The topological polar surface area (TPSA) is 29.5 Å². The maximum Gasteiger partial charge on any atom is 0.167 e. The molecule has 0 aliphatic carbocycles. The van der Waals surface area contributed by atoms with Crippen LogP contribution in [0.2, 0.25) is 0 Å². The minimum absolute atomic E-state index is 0.00727. The van der Waals surface area contributed by atoms with E-state index in [1.807, 2.05) is 0 Å². The van der Waals surface area contributed by atoms with Gasteiger partial charge in [-0.15, -0.1) is 0 Å². The first kappa shape index (κ1) is 15.6. The largest absolute Gasteiger partial charge is 0.368 e. The van der Waals surface area contributed by atoms with E-state index < -0.39 is 6.10 Å². The molecule has 0 aromatic heterocycles. The number of hydrogen-bond donors (Lipinski definition) is 0. The summed E-state index contributed by atoms with van der Waals surface area (Å²) in [6, 6.07) is 4.94. The average molecular weight is 344 g/mol. The van der Waals surface area contributed by atoms with Crippen LogP contribution in [0.1, 0.15) is 19.4 Å². The van der Waals surface area contributed by atoms with Gasteiger partial charge in [-0.05, 0) is 37.6 Å². The van der Waals surface area contributed by atoms with Gasteiger partial charge in [-0.25, -0.2) is 4.39 Å². The molecule has 1 fully saturated rings. The number of morpholine rings is 1. The van der Waals surface area contributed by atoms with Gasteiger partial charge >= 0.3 is 0 Å². The lowest BCUT2D eigenvalue weighted by Gasteiger charge is -2.34. The maximum absolute atomic E-state index is 13.3. The third-order valence-corrected chi connectivity index (χ3v) is 3.95. The van der Waals surface area contributed by atoms with Crippen LogP contribution in [0.4, 0.5) is 4.39 Å².